The number of benzene rings is 1. The Balaban J connectivity index is 1.45. The molecule has 1 fully saturated rings. The van der Waals surface area contributed by atoms with Gasteiger partial charge in [0.05, 0.1) is 9.92 Å². The summed E-state index contributed by atoms with van der Waals surface area (Å²) >= 11 is 6.40. The fraction of sp³-hybridized carbons (Fsp3) is 0.318. The standard InChI is InChI=1S/C22H23ClN4O4S/c1-15-12-24-22(25-13-15)26-9-7-17(8-10-26)31-20-11-21(28)27(14-19(20)23)16-3-5-18(6-4-16)32(2,29)30/h3-6,11-14,17H,7-10H2,1-2H3. The van der Waals surface area contributed by atoms with Gasteiger partial charge in [0.15, 0.2) is 9.84 Å². The maximum absolute atomic E-state index is 12.7. The van der Waals surface area contributed by atoms with Gasteiger partial charge in [0.2, 0.25) is 5.95 Å². The lowest BCUT2D eigenvalue weighted by Gasteiger charge is -2.32. The van der Waals surface area contributed by atoms with Crippen molar-refractivity contribution in [3.8, 4) is 11.4 Å². The minimum atomic E-state index is -3.31. The fourth-order valence-corrected chi connectivity index (χ4v) is 4.37. The zero-order chi connectivity index (χ0) is 22.9. The Morgan fingerprint density at radius 2 is 1.72 bits per heavy atom. The molecule has 1 aliphatic heterocycles. The highest BCUT2D eigenvalue weighted by atomic mass is 35.5. The SMILES string of the molecule is Cc1cnc(N2CCC(Oc3cc(=O)n(-c4ccc(S(C)(=O)=O)cc4)cc3Cl)CC2)nc1. The summed E-state index contributed by atoms with van der Waals surface area (Å²) < 4.78 is 30.7. The van der Waals surface area contributed by atoms with Crippen molar-refractivity contribution in [3.05, 3.63) is 69.9 Å². The maximum Gasteiger partial charge on any atom is 0.258 e. The zero-order valence-corrected chi connectivity index (χ0v) is 19.3. The van der Waals surface area contributed by atoms with E-state index in [1.165, 1.54) is 29.0 Å². The molecular weight excluding hydrogens is 452 g/mol. The summed E-state index contributed by atoms with van der Waals surface area (Å²) in [6.07, 6.45) is 7.66. The topological polar surface area (TPSA) is 94.4 Å². The molecule has 0 spiro atoms. The summed E-state index contributed by atoms with van der Waals surface area (Å²) in [7, 11) is -3.31. The van der Waals surface area contributed by atoms with Crippen molar-refractivity contribution >= 4 is 27.4 Å². The summed E-state index contributed by atoms with van der Waals surface area (Å²) in [5.74, 6) is 1.04. The Kier molecular flexibility index (Phi) is 6.21. The Morgan fingerprint density at radius 1 is 1.09 bits per heavy atom. The molecule has 10 heteroatoms. The Labute approximate surface area is 191 Å². The lowest BCUT2D eigenvalue weighted by atomic mass is 10.1. The smallest absolute Gasteiger partial charge is 0.258 e. The van der Waals surface area contributed by atoms with E-state index in [4.69, 9.17) is 16.3 Å². The van der Waals surface area contributed by atoms with Crippen LogP contribution in [0.3, 0.4) is 0 Å². The van der Waals surface area contributed by atoms with Crippen LogP contribution in [0.1, 0.15) is 18.4 Å². The van der Waals surface area contributed by atoms with Crippen LogP contribution in [0, 0.1) is 6.92 Å². The number of piperidine rings is 1. The van der Waals surface area contributed by atoms with Crippen molar-refractivity contribution in [1.82, 2.24) is 14.5 Å². The molecule has 1 saturated heterocycles. The third-order valence-electron chi connectivity index (χ3n) is 5.30. The fourth-order valence-electron chi connectivity index (χ4n) is 3.54. The second kappa shape index (κ2) is 8.91. The van der Waals surface area contributed by atoms with Crippen LogP contribution >= 0.6 is 11.6 Å². The Bertz CT molecular complexity index is 1270. The van der Waals surface area contributed by atoms with E-state index < -0.39 is 9.84 Å². The first-order valence-electron chi connectivity index (χ1n) is 10.1. The predicted molar refractivity (Wildman–Crippen MR) is 123 cm³/mol. The third-order valence-corrected chi connectivity index (χ3v) is 6.71. The summed E-state index contributed by atoms with van der Waals surface area (Å²) in [5, 5.41) is 0.307. The number of aryl methyl sites for hydroxylation is 1. The monoisotopic (exact) mass is 474 g/mol. The Hall–Kier alpha value is -2.91. The average Bonchev–Trinajstić information content (AvgIpc) is 2.77. The van der Waals surface area contributed by atoms with Crippen molar-refractivity contribution in [2.45, 2.75) is 30.8 Å². The van der Waals surface area contributed by atoms with Gasteiger partial charge >= 0.3 is 0 Å². The van der Waals surface area contributed by atoms with Crippen LogP contribution in [0.5, 0.6) is 5.75 Å². The van der Waals surface area contributed by atoms with Crippen LogP contribution in [0.15, 0.2) is 58.6 Å². The van der Waals surface area contributed by atoms with Crippen molar-refractivity contribution in [1.29, 1.82) is 0 Å². The van der Waals surface area contributed by atoms with Gasteiger partial charge < -0.3 is 9.64 Å². The number of nitrogens with zero attached hydrogens (tertiary/aromatic N) is 4. The molecule has 8 nitrogen and oxygen atoms in total. The van der Waals surface area contributed by atoms with Gasteiger partial charge in [-0.15, -0.1) is 0 Å². The molecule has 0 saturated carbocycles. The van der Waals surface area contributed by atoms with E-state index in [0.29, 0.717) is 22.4 Å². The molecule has 0 bridgehead atoms. The highest BCUT2D eigenvalue weighted by molar-refractivity contribution is 7.90. The molecule has 3 heterocycles. The Morgan fingerprint density at radius 3 is 2.31 bits per heavy atom. The minimum Gasteiger partial charge on any atom is -0.488 e. The van der Waals surface area contributed by atoms with Crippen LogP contribution in [-0.4, -0.2) is 48.4 Å². The van der Waals surface area contributed by atoms with Gasteiger partial charge in [-0.3, -0.25) is 9.36 Å². The second-order valence-corrected chi connectivity index (χ2v) is 10.2. The summed E-state index contributed by atoms with van der Waals surface area (Å²) in [6.45, 7) is 3.44. The first kappa shape index (κ1) is 22.3. The highest BCUT2D eigenvalue weighted by Gasteiger charge is 2.23. The molecule has 1 aliphatic rings. The summed E-state index contributed by atoms with van der Waals surface area (Å²) in [5.41, 5.74) is 1.21. The van der Waals surface area contributed by atoms with E-state index >= 15 is 0 Å². The molecule has 4 rings (SSSR count). The summed E-state index contributed by atoms with van der Waals surface area (Å²) in [4.78, 5) is 23.7. The van der Waals surface area contributed by atoms with Crippen LogP contribution < -0.4 is 15.2 Å². The van der Waals surface area contributed by atoms with Crippen LogP contribution in [0.25, 0.3) is 5.69 Å². The van der Waals surface area contributed by atoms with Crippen molar-refractivity contribution in [3.63, 3.8) is 0 Å². The summed E-state index contributed by atoms with van der Waals surface area (Å²) in [6, 6.07) is 7.42. The normalized spacial score (nSPS) is 15.0. The van der Waals surface area contributed by atoms with E-state index in [2.05, 4.69) is 14.9 Å². The van der Waals surface area contributed by atoms with E-state index in [9.17, 15) is 13.2 Å². The maximum atomic E-state index is 12.7. The van der Waals surface area contributed by atoms with Gasteiger partial charge in [0.1, 0.15) is 11.9 Å². The van der Waals surface area contributed by atoms with Crippen LogP contribution in [-0.2, 0) is 9.84 Å². The molecule has 2 aromatic heterocycles. The number of halogens is 1. The van der Waals surface area contributed by atoms with E-state index in [-0.39, 0.29) is 16.6 Å². The molecule has 0 N–H and O–H groups in total. The van der Waals surface area contributed by atoms with E-state index in [1.54, 1.807) is 24.5 Å². The number of anilines is 1. The van der Waals surface area contributed by atoms with Crippen molar-refractivity contribution in [2.24, 2.45) is 0 Å². The lowest BCUT2D eigenvalue weighted by Crippen LogP contribution is -2.39. The van der Waals surface area contributed by atoms with Gasteiger partial charge in [0, 0.05) is 62.5 Å². The molecule has 0 atom stereocenters. The van der Waals surface area contributed by atoms with E-state index in [1.807, 2.05) is 6.92 Å². The van der Waals surface area contributed by atoms with Gasteiger partial charge in [-0.05, 0) is 36.8 Å². The molecule has 168 valence electrons. The number of hydrogen-bond donors (Lipinski definition) is 0. The number of sulfone groups is 1. The van der Waals surface area contributed by atoms with Crippen LogP contribution in [0.4, 0.5) is 5.95 Å². The van der Waals surface area contributed by atoms with Crippen molar-refractivity contribution < 1.29 is 13.2 Å². The zero-order valence-electron chi connectivity index (χ0n) is 17.7. The van der Waals surface area contributed by atoms with Gasteiger partial charge in [-0.2, -0.15) is 0 Å². The molecule has 0 aliphatic carbocycles. The first-order chi connectivity index (χ1) is 15.2. The number of pyridine rings is 1. The molecule has 32 heavy (non-hydrogen) atoms. The quantitative estimate of drug-likeness (QED) is 0.560. The minimum absolute atomic E-state index is 0.0708. The second-order valence-electron chi connectivity index (χ2n) is 7.82. The molecule has 0 radical (unpaired) electrons. The van der Waals surface area contributed by atoms with Gasteiger partial charge in [0.25, 0.3) is 5.56 Å². The number of rotatable bonds is 5. The average molecular weight is 475 g/mol. The lowest BCUT2D eigenvalue weighted by molar-refractivity contribution is 0.170. The number of hydrogen-bond acceptors (Lipinski definition) is 7. The molecule has 0 unspecified atom stereocenters. The first-order valence-corrected chi connectivity index (χ1v) is 12.4. The van der Waals surface area contributed by atoms with E-state index in [0.717, 1.165) is 37.8 Å². The van der Waals surface area contributed by atoms with Gasteiger partial charge in [-0.25, -0.2) is 18.4 Å². The molecule has 1 aromatic carbocycles. The predicted octanol–water partition coefficient (Wildman–Crippen LogP) is 3.04. The van der Waals surface area contributed by atoms with Crippen molar-refractivity contribution in [2.75, 3.05) is 24.2 Å². The number of ether oxygens (including phenoxy) is 1. The molecule has 0 amide bonds. The van der Waals surface area contributed by atoms with Crippen LogP contribution in [0.2, 0.25) is 5.02 Å². The molecular formula is C22H23ClN4O4S. The molecule has 3 aromatic rings. The largest absolute Gasteiger partial charge is 0.488 e. The van der Waals surface area contributed by atoms with Gasteiger partial charge in [-0.1, -0.05) is 11.6 Å². The third kappa shape index (κ3) is 4.94. The highest BCUT2D eigenvalue weighted by Crippen LogP contribution is 2.27. The number of aromatic nitrogens is 3.